The minimum atomic E-state index is -0.665. The fraction of sp³-hybridized carbons (Fsp3) is 0.355. The number of benzene rings is 3. The molecular formula is C31H36N4O3. The quantitative estimate of drug-likeness (QED) is 0.445. The predicted molar refractivity (Wildman–Crippen MR) is 149 cm³/mol. The molecule has 3 aliphatic rings. The number of rotatable bonds is 7. The molecule has 6 rings (SSSR count). The lowest BCUT2D eigenvalue weighted by molar-refractivity contribution is -0.140. The molecule has 2 atom stereocenters. The molecule has 0 saturated heterocycles. The Labute approximate surface area is 224 Å². The van der Waals surface area contributed by atoms with Gasteiger partial charge in [0.25, 0.3) is 0 Å². The van der Waals surface area contributed by atoms with Crippen molar-refractivity contribution in [2.45, 2.75) is 44.3 Å². The van der Waals surface area contributed by atoms with Crippen molar-refractivity contribution in [3.8, 4) is 5.75 Å². The minimum absolute atomic E-state index is 0.0708. The van der Waals surface area contributed by atoms with Crippen LogP contribution in [0, 0.1) is 5.92 Å². The van der Waals surface area contributed by atoms with Crippen LogP contribution in [0.2, 0.25) is 0 Å². The third kappa shape index (κ3) is 6.34. The van der Waals surface area contributed by atoms with Crippen LogP contribution in [0.1, 0.15) is 29.5 Å². The fourth-order valence-corrected chi connectivity index (χ4v) is 4.90. The Kier molecular flexibility index (Phi) is 7.94. The zero-order valence-electron chi connectivity index (χ0n) is 22.1. The molecule has 7 heteroatoms. The molecule has 1 saturated carbocycles. The number of carbonyl (C=O) groups is 2. The Hall–Kier alpha value is -3.84. The molecule has 2 aliphatic heterocycles. The molecule has 7 nitrogen and oxygen atoms in total. The van der Waals surface area contributed by atoms with Gasteiger partial charge in [0.15, 0.2) is 0 Å². The number of anilines is 2. The summed E-state index contributed by atoms with van der Waals surface area (Å²) >= 11 is 0. The van der Waals surface area contributed by atoms with Gasteiger partial charge in [-0.3, -0.25) is 9.59 Å². The normalized spacial score (nSPS) is 19.4. The van der Waals surface area contributed by atoms with Gasteiger partial charge < -0.3 is 25.6 Å². The third-order valence-electron chi connectivity index (χ3n) is 7.44. The largest absolute Gasteiger partial charge is 0.495 e. The second kappa shape index (κ2) is 11.7. The molecule has 3 aromatic rings. The van der Waals surface area contributed by atoms with Crippen molar-refractivity contribution in [1.29, 1.82) is 0 Å². The Bertz CT molecular complexity index is 1260. The molecule has 3 aromatic carbocycles. The molecule has 0 aromatic heterocycles. The van der Waals surface area contributed by atoms with Crippen LogP contribution in [0.15, 0.2) is 72.8 Å². The highest BCUT2D eigenvalue weighted by Gasteiger charge is 2.33. The predicted octanol–water partition coefficient (Wildman–Crippen LogP) is 4.05. The summed E-state index contributed by atoms with van der Waals surface area (Å²) in [6.07, 6.45) is 3.35. The van der Waals surface area contributed by atoms with Gasteiger partial charge >= 0.3 is 0 Å². The molecule has 38 heavy (non-hydrogen) atoms. The average molecular weight is 513 g/mol. The summed E-state index contributed by atoms with van der Waals surface area (Å²) in [6.45, 7) is 1.22. The van der Waals surface area contributed by atoms with Crippen molar-refractivity contribution in [2.75, 3.05) is 26.0 Å². The molecule has 4 bridgehead atoms. The first-order valence-corrected chi connectivity index (χ1v) is 13.3. The minimum Gasteiger partial charge on any atom is -0.495 e. The van der Waals surface area contributed by atoms with Crippen LogP contribution in [0.4, 0.5) is 11.4 Å². The Morgan fingerprint density at radius 3 is 2.45 bits per heavy atom. The number of carbonyl (C=O) groups excluding carboxylic acids is 2. The van der Waals surface area contributed by atoms with Gasteiger partial charge in [-0.05, 0) is 72.7 Å². The van der Waals surface area contributed by atoms with E-state index in [4.69, 9.17) is 4.74 Å². The van der Waals surface area contributed by atoms with E-state index in [-0.39, 0.29) is 11.8 Å². The van der Waals surface area contributed by atoms with E-state index in [0.29, 0.717) is 31.1 Å². The SMILES string of the molecule is COc1ccc2cc1Nc1ccc(cc1)C[C@H](NCC1CC1)C(=O)N(C)[C@@H](C(=O)NCc1ccccc1)C2. The van der Waals surface area contributed by atoms with E-state index in [1.165, 1.54) is 12.8 Å². The topological polar surface area (TPSA) is 82.7 Å². The molecule has 1 fully saturated rings. The summed E-state index contributed by atoms with van der Waals surface area (Å²) < 4.78 is 5.58. The number of hydrogen-bond acceptors (Lipinski definition) is 5. The lowest BCUT2D eigenvalue weighted by Crippen LogP contribution is -2.55. The molecular weight excluding hydrogens is 476 g/mol. The van der Waals surface area contributed by atoms with Crippen LogP contribution in [0.3, 0.4) is 0 Å². The summed E-state index contributed by atoms with van der Waals surface area (Å²) in [7, 11) is 3.39. The number of methoxy groups -OCH3 is 1. The van der Waals surface area contributed by atoms with Crippen molar-refractivity contribution in [1.82, 2.24) is 15.5 Å². The van der Waals surface area contributed by atoms with Crippen molar-refractivity contribution in [3.05, 3.63) is 89.5 Å². The van der Waals surface area contributed by atoms with Gasteiger partial charge in [0.05, 0.1) is 18.8 Å². The number of nitrogens with one attached hydrogen (secondary N) is 3. The molecule has 0 spiro atoms. The van der Waals surface area contributed by atoms with Gasteiger partial charge in [-0.2, -0.15) is 0 Å². The number of likely N-dealkylation sites (N-methyl/N-ethyl adjacent to an activating group) is 1. The smallest absolute Gasteiger partial charge is 0.243 e. The molecule has 0 unspecified atom stereocenters. The number of hydrogen-bond donors (Lipinski definition) is 3. The number of fused-ring (bicyclic) bond motifs is 7. The van der Waals surface area contributed by atoms with E-state index in [9.17, 15) is 9.59 Å². The Morgan fingerprint density at radius 2 is 1.74 bits per heavy atom. The van der Waals surface area contributed by atoms with E-state index < -0.39 is 12.1 Å². The molecule has 3 N–H and O–H groups in total. The lowest BCUT2D eigenvalue weighted by atomic mass is 9.99. The van der Waals surface area contributed by atoms with Crippen LogP contribution in [-0.2, 0) is 29.0 Å². The first-order valence-electron chi connectivity index (χ1n) is 13.3. The molecule has 2 amide bonds. The van der Waals surface area contributed by atoms with E-state index in [2.05, 4.69) is 16.0 Å². The monoisotopic (exact) mass is 512 g/mol. The van der Waals surface area contributed by atoms with Gasteiger partial charge in [-0.15, -0.1) is 0 Å². The average Bonchev–Trinajstić information content (AvgIpc) is 3.78. The second-order valence-electron chi connectivity index (χ2n) is 10.3. The van der Waals surface area contributed by atoms with Crippen LogP contribution in [0.5, 0.6) is 5.75 Å². The maximum Gasteiger partial charge on any atom is 0.243 e. The van der Waals surface area contributed by atoms with E-state index in [1.54, 1.807) is 19.1 Å². The van der Waals surface area contributed by atoms with Gasteiger partial charge in [-0.25, -0.2) is 0 Å². The Balaban J connectivity index is 1.47. The lowest BCUT2D eigenvalue weighted by Gasteiger charge is -2.32. The van der Waals surface area contributed by atoms with Crippen LogP contribution < -0.4 is 20.7 Å². The Morgan fingerprint density at radius 1 is 1.00 bits per heavy atom. The van der Waals surface area contributed by atoms with Gasteiger partial charge in [-0.1, -0.05) is 48.5 Å². The highest BCUT2D eigenvalue weighted by Crippen LogP contribution is 2.31. The summed E-state index contributed by atoms with van der Waals surface area (Å²) in [5.41, 5.74) is 4.76. The van der Waals surface area contributed by atoms with Gasteiger partial charge in [0.1, 0.15) is 11.8 Å². The summed E-state index contributed by atoms with van der Waals surface area (Å²) in [4.78, 5) is 29.1. The third-order valence-corrected chi connectivity index (χ3v) is 7.44. The summed E-state index contributed by atoms with van der Waals surface area (Å²) in [5, 5.41) is 10.0. The van der Waals surface area contributed by atoms with Gasteiger partial charge in [0, 0.05) is 25.7 Å². The summed E-state index contributed by atoms with van der Waals surface area (Å²) in [6, 6.07) is 22.7. The van der Waals surface area contributed by atoms with E-state index in [1.807, 2.05) is 72.8 Å². The standard InChI is InChI=1S/C31H36N4O3/c1-35-28(30(36)33-20-22-6-4-3-5-7-22)18-24-12-15-29(38-2)26(17-24)34-25-13-10-21(11-14-25)16-27(31(35)37)32-19-23-8-9-23/h3-7,10-15,17,23,27-28,32,34H,8-9,16,18-20H2,1-2H3,(H,33,36)/t27-,28+/m0/s1. The maximum absolute atomic E-state index is 13.9. The van der Waals surface area contributed by atoms with Crippen molar-refractivity contribution < 1.29 is 14.3 Å². The highest BCUT2D eigenvalue weighted by atomic mass is 16.5. The van der Waals surface area contributed by atoms with Crippen LogP contribution in [0.25, 0.3) is 0 Å². The molecule has 1 aliphatic carbocycles. The van der Waals surface area contributed by atoms with E-state index >= 15 is 0 Å². The number of nitrogens with zero attached hydrogens (tertiary/aromatic N) is 1. The molecule has 2 heterocycles. The van der Waals surface area contributed by atoms with Crippen LogP contribution in [-0.4, -0.2) is 49.5 Å². The number of ether oxygens (including phenoxy) is 1. The first-order chi connectivity index (χ1) is 18.5. The zero-order valence-corrected chi connectivity index (χ0v) is 22.1. The zero-order chi connectivity index (χ0) is 26.5. The second-order valence-corrected chi connectivity index (χ2v) is 10.3. The maximum atomic E-state index is 13.9. The molecule has 198 valence electrons. The van der Waals surface area contributed by atoms with E-state index in [0.717, 1.165) is 34.6 Å². The fourth-order valence-electron chi connectivity index (χ4n) is 4.90. The van der Waals surface area contributed by atoms with Crippen LogP contribution >= 0.6 is 0 Å². The highest BCUT2D eigenvalue weighted by molar-refractivity contribution is 5.90. The molecule has 0 radical (unpaired) electrons. The summed E-state index contributed by atoms with van der Waals surface area (Å²) in [5.74, 6) is 1.10. The van der Waals surface area contributed by atoms with Crippen molar-refractivity contribution in [3.63, 3.8) is 0 Å². The van der Waals surface area contributed by atoms with Crippen molar-refractivity contribution >= 4 is 23.2 Å². The first kappa shape index (κ1) is 25.8. The number of amides is 2. The van der Waals surface area contributed by atoms with Gasteiger partial charge in [0.2, 0.25) is 11.8 Å². The van der Waals surface area contributed by atoms with Crippen molar-refractivity contribution in [2.24, 2.45) is 5.92 Å².